The lowest BCUT2D eigenvalue weighted by molar-refractivity contribution is -0.154. The topological polar surface area (TPSA) is 108 Å². The van der Waals surface area contributed by atoms with Crippen molar-refractivity contribution in [2.24, 2.45) is 0 Å². The van der Waals surface area contributed by atoms with Crippen molar-refractivity contribution in [3.05, 3.63) is 65.2 Å². The molecule has 0 spiro atoms. The first kappa shape index (κ1) is 20.6. The second kappa shape index (κ2) is 9.31. The Kier molecular flexibility index (Phi) is 6.86. The zero-order valence-corrected chi connectivity index (χ0v) is 15.6. The molecule has 0 fully saturated rings. The third kappa shape index (κ3) is 4.53. The van der Waals surface area contributed by atoms with E-state index in [-0.39, 0.29) is 22.7 Å². The van der Waals surface area contributed by atoms with Crippen molar-refractivity contribution < 1.29 is 33.4 Å². The molecule has 0 saturated heterocycles. The van der Waals surface area contributed by atoms with Gasteiger partial charge in [0.2, 0.25) is 0 Å². The average Bonchev–Trinajstić information content (AvgIpc) is 2.74. The highest BCUT2D eigenvalue weighted by atomic mass is 16.5. The Hall–Kier alpha value is -3.68. The second-order valence-electron chi connectivity index (χ2n) is 5.59. The molecule has 2 aromatic carbocycles. The van der Waals surface area contributed by atoms with Gasteiger partial charge in [-0.15, -0.1) is 0 Å². The van der Waals surface area contributed by atoms with E-state index >= 15 is 0 Å². The van der Waals surface area contributed by atoms with Gasteiger partial charge in [0.05, 0.1) is 26.9 Å². The van der Waals surface area contributed by atoms with Crippen LogP contribution in [0.1, 0.15) is 32.2 Å². The van der Waals surface area contributed by atoms with Gasteiger partial charge in [-0.3, -0.25) is 14.4 Å². The zero-order chi connectivity index (χ0) is 20.7. The number of methoxy groups -OCH3 is 3. The smallest absolute Gasteiger partial charge is 0.338 e. The standard InChI is InChI=1S/C20H19NO7/c1-26-18(23)15-11-13(21-17(22)12-7-5-4-6-8-12)9-10-14(15)16(19(24)27-2)20(25)28-3/h4-11,16H,1-3H3,(H,21,22). The molecule has 1 amide bonds. The molecule has 0 saturated carbocycles. The number of amides is 1. The van der Waals surface area contributed by atoms with Crippen LogP contribution in [0, 0.1) is 0 Å². The third-order valence-corrected chi connectivity index (χ3v) is 3.94. The van der Waals surface area contributed by atoms with Crippen LogP contribution in [0.15, 0.2) is 48.5 Å². The Morgan fingerprint density at radius 1 is 0.821 bits per heavy atom. The molecule has 1 N–H and O–H groups in total. The summed E-state index contributed by atoms with van der Waals surface area (Å²) in [5, 5.41) is 2.65. The zero-order valence-electron chi connectivity index (χ0n) is 15.6. The van der Waals surface area contributed by atoms with Crippen molar-refractivity contribution in [2.45, 2.75) is 5.92 Å². The van der Waals surface area contributed by atoms with Gasteiger partial charge in [-0.2, -0.15) is 0 Å². The summed E-state index contributed by atoms with van der Waals surface area (Å²) in [5.41, 5.74) is 0.678. The highest BCUT2D eigenvalue weighted by Gasteiger charge is 2.34. The van der Waals surface area contributed by atoms with Gasteiger partial charge in [-0.05, 0) is 29.8 Å². The summed E-state index contributed by atoms with van der Waals surface area (Å²) in [6.45, 7) is 0. The average molecular weight is 385 g/mol. The number of ether oxygens (including phenoxy) is 3. The van der Waals surface area contributed by atoms with Gasteiger partial charge >= 0.3 is 17.9 Å². The summed E-state index contributed by atoms with van der Waals surface area (Å²) < 4.78 is 14.0. The van der Waals surface area contributed by atoms with Gasteiger partial charge in [-0.25, -0.2) is 4.79 Å². The number of anilines is 1. The molecular weight excluding hydrogens is 366 g/mol. The van der Waals surface area contributed by atoms with Gasteiger partial charge in [-0.1, -0.05) is 24.3 Å². The summed E-state index contributed by atoms with van der Waals surface area (Å²) >= 11 is 0. The SMILES string of the molecule is COC(=O)c1cc(NC(=O)c2ccccc2)ccc1C(C(=O)OC)C(=O)OC. The molecule has 146 valence electrons. The van der Waals surface area contributed by atoms with E-state index in [1.165, 1.54) is 18.2 Å². The molecule has 0 heterocycles. The molecule has 8 nitrogen and oxygen atoms in total. The van der Waals surface area contributed by atoms with E-state index in [0.29, 0.717) is 5.56 Å². The molecule has 0 aliphatic carbocycles. The van der Waals surface area contributed by atoms with E-state index < -0.39 is 23.8 Å². The number of hydrogen-bond acceptors (Lipinski definition) is 7. The lowest BCUT2D eigenvalue weighted by Crippen LogP contribution is -2.26. The summed E-state index contributed by atoms with van der Waals surface area (Å²) in [4.78, 5) is 48.7. The fraction of sp³-hybridized carbons (Fsp3) is 0.200. The molecule has 0 radical (unpaired) electrons. The molecular formula is C20H19NO7. The minimum Gasteiger partial charge on any atom is -0.468 e. The van der Waals surface area contributed by atoms with E-state index in [2.05, 4.69) is 14.8 Å². The first-order valence-electron chi connectivity index (χ1n) is 8.17. The molecule has 0 aliphatic rings. The van der Waals surface area contributed by atoms with Crippen LogP contribution in [0.5, 0.6) is 0 Å². The molecule has 28 heavy (non-hydrogen) atoms. The van der Waals surface area contributed by atoms with E-state index in [4.69, 9.17) is 4.74 Å². The van der Waals surface area contributed by atoms with E-state index in [1.807, 2.05) is 0 Å². The van der Waals surface area contributed by atoms with E-state index in [1.54, 1.807) is 30.3 Å². The molecule has 2 rings (SSSR count). The first-order valence-corrected chi connectivity index (χ1v) is 8.17. The normalized spacial score (nSPS) is 10.1. The van der Waals surface area contributed by atoms with Gasteiger partial charge in [0.15, 0.2) is 5.92 Å². The van der Waals surface area contributed by atoms with Crippen LogP contribution in [0.25, 0.3) is 0 Å². The number of esters is 3. The number of hydrogen-bond donors (Lipinski definition) is 1. The molecule has 2 aromatic rings. The molecule has 0 aliphatic heterocycles. The summed E-state index contributed by atoms with van der Waals surface area (Å²) in [6, 6.07) is 12.6. The van der Waals surface area contributed by atoms with Crippen molar-refractivity contribution in [3.8, 4) is 0 Å². The van der Waals surface area contributed by atoms with Crippen LogP contribution in [-0.4, -0.2) is 45.1 Å². The fourth-order valence-corrected chi connectivity index (χ4v) is 2.55. The summed E-state index contributed by atoms with van der Waals surface area (Å²) in [6.07, 6.45) is 0. The largest absolute Gasteiger partial charge is 0.468 e. The highest BCUT2D eigenvalue weighted by molar-refractivity contribution is 6.07. The lowest BCUT2D eigenvalue weighted by atomic mass is 9.93. The van der Waals surface area contributed by atoms with Crippen LogP contribution < -0.4 is 5.32 Å². The van der Waals surface area contributed by atoms with Crippen LogP contribution in [-0.2, 0) is 23.8 Å². The van der Waals surface area contributed by atoms with Gasteiger partial charge in [0, 0.05) is 11.3 Å². The Labute approximate surface area is 161 Å². The number of carbonyl (C=O) groups excluding carboxylic acids is 4. The fourth-order valence-electron chi connectivity index (χ4n) is 2.55. The van der Waals surface area contributed by atoms with Crippen molar-refractivity contribution in [1.29, 1.82) is 0 Å². The maximum Gasteiger partial charge on any atom is 0.338 e. The van der Waals surface area contributed by atoms with Crippen LogP contribution in [0.4, 0.5) is 5.69 Å². The summed E-state index contributed by atoms with van der Waals surface area (Å²) in [5.74, 6) is -4.43. The maximum atomic E-state index is 12.3. The quantitative estimate of drug-likeness (QED) is 0.461. The monoisotopic (exact) mass is 385 g/mol. The highest BCUT2D eigenvalue weighted by Crippen LogP contribution is 2.27. The molecule has 8 heteroatoms. The minimum atomic E-state index is -1.47. The van der Waals surface area contributed by atoms with Crippen molar-refractivity contribution in [3.63, 3.8) is 0 Å². The maximum absolute atomic E-state index is 12.3. The number of carbonyl (C=O) groups is 4. The second-order valence-corrected chi connectivity index (χ2v) is 5.59. The molecule has 0 aromatic heterocycles. The van der Waals surface area contributed by atoms with Gasteiger partial charge < -0.3 is 19.5 Å². The molecule has 0 unspecified atom stereocenters. The minimum absolute atomic E-state index is 0.0447. The number of benzene rings is 2. The van der Waals surface area contributed by atoms with Crippen LogP contribution >= 0.6 is 0 Å². The number of rotatable bonds is 6. The Balaban J connectivity index is 2.45. The molecule has 0 bridgehead atoms. The van der Waals surface area contributed by atoms with Gasteiger partial charge in [0.25, 0.3) is 5.91 Å². The van der Waals surface area contributed by atoms with Crippen LogP contribution in [0.3, 0.4) is 0 Å². The van der Waals surface area contributed by atoms with Gasteiger partial charge in [0.1, 0.15) is 0 Å². The van der Waals surface area contributed by atoms with Crippen LogP contribution in [0.2, 0.25) is 0 Å². The Morgan fingerprint density at radius 2 is 1.43 bits per heavy atom. The van der Waals surface area contributed by atoms with E-state index in [0.717, 1.165) is 21.3 Å². The van der Waals surface area contributed by atoms with Crippen molar-refractivity contribution in [1.82, 2.24) is 0 Å². The predicted octanol–water partition coefficient (Wildman–Crippen LogP) is 2.16. The summed E-state index contributed by atoms with van der Waals surface area (Å²) in [7, 11) is 3.39. The van der Waals surface area contributed by atoms with E-state index in [9.17, 15) is 19.2 Å². The van der Waals surface area contributed by atoms with Crippen molar-refractivity contribution >= 4 is 29.5 Å². The first-order chi connectivity index (χ1) is 13.4. The lowest BCUT2D eigenvalue weighted by Gasteiger charge is -2.17. The van der Waals surface area contributed by atoms with Crippen molar-refractivity contribution in [2.75, 3.05) is 26.6 Å². The Morgan fingerprint density at radius 3 is 1.96 bits per heavy atom. The predicted molar refractivity (Wildman–Crippen MR) is 98.9 cm³/mol. The Bertz CT molecular complexity index is 877. The third-order valence-electron chi connectivity index (χ3n) is 3.94. The number of nitrogens with one attached hydrogen (secondary N) is 1. The molecule has 0 atom stereocenters.